The molecule has 1 amide bonds. The van der Waals surface area contributed by atoms with Gasteiger partial charge in [0.15, 0.2) is 0 Å². The second-order valence-corrected chi connectivity index (χ2v) is 6.56. The van der Waals surface area contributed by atoms with E-state index in [0.717, 1.165) is 40.2 Å². The smallest absolute Gasteiger partial charge is 0.226 e. The summed E-state index contributed by atoms with van der Waals surface area (Å²) in [5.41, 5.74) is 6.65. The molecule has 0 bridgehead atoms. The molecule has 2 aromatic rings. The molecule has 0 aromatic heterocycles. The number of carbonyl (C=O) groups excluding carboxylic acids is 1. The highest BCUT2D eigenvalue weighted by Gasteiger charge is 2.34. The van der Waals surface area contributed by atoms with Gasteiger partial charge in [0.05, 0.1) is 0 Å². The van der Waals surface area contributed by atoms with Gasteiger partial charge in [-0.2, -0.15) is 0 Å². The summed E-state index contributed by atoms with van der Waals surface area (Å²) >= 11 is 3.45. The van der Waals surface area contributed by atoms with Crippen LogP contribution in [0.5, 0.6) is 0 Å². The van der Waals surface area contributed by atoms with E-state index in [2.05, 4.69) is 27.3 Å². The maximum Gasteiger partial charge on any atom is 0.226 e. The standard InChI is InChI=1S/C16H17BrN2O/c17-13-4-2-12-9-14(5-3-11(12)8-13)19-15(20)10-16(18)6-1-7-16/h2-5,8-9H,1,6-7,10,18H2,(H,19,20). The number of benzene rings is 2. The van der Waals surface area contributed by atoms with E-state index in [0.29, 0.717) is 6.42 Å². The molecular weight excluding hydrogens is 316 g/mol. The molecule has 0 heterocycles. The van der Waals surface area contributed by atoms with Gasteiger partial charge in [-0.05, 0) is 54.3 Å². The molecule has 0 spiro atoms. The van der Waals surface area contributed by atoms with E-state index in [4.69, 9.17) is 5.73 Å². The minimum Gasteiger partial charge on any atom is -0.326 e. The summed E-state index contributed by atoms with van der Waals surface area (Å²) in [6.07, 6.45) is 3.44. The summed E-state index contributed by atoms with van der Waals surface area (Å²) in [6.45, 7) is 0. The van der Waals surface area contributed by atoms with Crippen LogP contribution in [0.25, 0.3) is 10.8 Å². The summed E-state index contributed by atoms with van der Waals surface area (Å²) in [5.74, 6) is 0.00339. The summed E-state index contributed by atoms with van der Waals surface area (Å²) in [5, 5.41) is 5.20. The zero-order valence-corrected chi connectivity index (χ0v) is 12.7. The lowest BCUT2D eigenvalue weighted by molar-refractivity contribution is -0.118. The van der Waals surface area contributed by atoms with Crippen LogP contribution in [0.2, 0.25) is 0 Å². The Labute approximate surface area is 126 Å². The molecule has 3 nitrogen and oxygen atoms in total. The van der Waals surface area contributed by atoms with Gasteiger partial charge >= 0.3 is 0 Å². The zero-order chi connectivity index (χ0) is 14.2. The van der Waals surface area contributed by atoms with Gasteiger partial charge in [-0.25, -0.2) is 0 Å². The lowest BCUT2D eigenvalue weighted by Crippen LogP contribution is -2.48. The van der Waals surface area contributed by atoms with Crippen molar-refractivity contribution in [1.29, 1.82) is 0 Å². The molecule has 3 rings (SSSR count). The van der Waals surface area contributed by atoms with Crippen molar-refractivity contribution >= 4 is 38.3 Å². The van der Waals surface area contributed by atoms with E-state index in [-0.39, 0.29) is 11.4 Å². The van der Waals surface area contributed by atoms with Gasteiger partial charge in [-0.1, -0.05) is 28.1 Å². The van der Waals surface area contributed by atoms with Gasteiger partial charge < -0.3 is 11.1 Å². The molecule has 0 atom stereocenters. The van der Waals surface area contributed by atoms with Crippen LogP contribution in [0.1, 0.15) is 25.7 Å². The van der Waals surface area contributed by atoms with E-state index >= 15 is 0 Å². The highest BCUT2D eigenvalue weighted by atomic mass is 79.9. The van der Waals surface area contributed by atoms with Crippen LogP contribution < -0.4 is 11.1 Å². The van der Waals surface area contributed by atoms with Gasteiger partial charge in [-0.15, -0.1) is 0 Å². The SMILES string of the molecule is NC1(CC(=O)Nc2ccc3cc(Br)ccc3c2)CCC1. The maximum absolute atomic E-state index is 12.0. The first-order valence-corrected chi connectivity index (χ1v) is 7.62. The normalized spacial score (nSPS) is 16.7. The number of amides is 1. The minimum atomic E-state index is -0.272. The van der Waals surface area contributed by atoms with Gasteiger partial charge in [0.1, 0.15) is 0 Å². The Morgan fingerprint density at radius 3 is 2.60 bits per heavy atom. The number of rotatable bonds is 3. The van der Waals surface area contributed by atoms with Gasteiger partial charge in [0, 0.05) is 22.1 Å². The quantitative estimate of drug-likeness (QED) is 0.897. The Bertz CT molecular complexity index is 665. The molecule has 1 saturated carbocycles. The fourth-order valence-corrected chi connectivity index (χ4v) is 3.01. The van der Waals surface area contributed by atoms with Crippen molar-refractivity contribution in [1.82, 2.24) is 0 Å². The summed E-state index contributed by atoms with van der Waals surface area (Å²) < 4.78 is 1.05. The highest BCUT2D eigenvalue weighted by Crippen LogP contribution is 2.32. The molecule has 1 fully saturated rings. The summed E-state index contributed by atoms with van der Waals surface area (Å²) in [7, 11) is 0. The molecule has 0 radical (unpaired) electrons. The Morgan fingerprint density at radius 2 is 1.90 bits per heavy atom. The molecule has 20 heavy (non-hydrogen) atoms. The molecule has 2 aromatic carbocycles. The van der Waals surface area contributed by atoms with Crippen LogP contribution in [-0.2, 0) is 4.79 Å². The highest BCUT2D eigenvalue weighted by molar-refractivity contribution is 9.10. The van der Waals surface area contributed by atoms with Crippen LogP contribution in [-0.4, -0.2) is 11.4 Å². The first-order valence-electron chi connectivity index (χ1n) is 6.82. The molecule has 4 heteroatoms. The molecule has 0 saturated heterocycles. The van der Waals surface area contributed by atoms with Crippen LogP contribution in [0.4, 0.5) is 5.69 Å². The van der Waals surface area contributed by atoms with E-state index in [1.54, 1.807) is 0 Å². The van der Waals surface area contributed by atoms with Crippen molar-refractivity contribution in [3.8, 4) is 0 Å². The van der Waals surface area contributed by atoms with Crippen molar-refractivity contribution in [3.05, 3.63) is 40.9 Å². The number of nitrogens with two attached hydrogens (primary N) is 1. The fraction of sp³-hybridized carbons (Fsp3) is 0.312. The second-order valence-electron chi connectivity index (χ2n) is 5.65. The van der Waals surface area contributed by atoms with Gasteiger partial charge in [0.25, 0.3) is 0 Å². The Balaban J connectivity index is 1.74. The van der Waals surface area contributed by atoms with Crippen LogP contribution in [0, 0.1) is 0 Å². The lowest BCUT2D eigenvalue weighted by atomic mass is 9.75. The molecular formula is C16H17BrN2O. The monoisotopic (exact) mass is 332 g/mol. The van der Waals surface area contributed by atoms with Crippen molar-refractivity contribution in [3.63, 3.8) is 0 Å². The number of halogens is 1. The van der Waals surface area contributed by atoms with E-state index in [1.165, 1.54) is 0 Å². The number of anilines is 1. The van der Waals surface area contributed by atoms with Crippen LogP contribution >= 0.6 is 15.9 Å². The van der Waals surface area contributed by atoms with Crippen molar-refractivity contribution in [2.75, 3.05) is 5.32 Å². The minimum absolute atomic E-state index is 0.00339. The second kappa shape index (κ2) is 5.19. The van der Waals surface area contributed by atoms with Crippen molar-refractivity contribution < 1.29 is 4.79 Å². The fourth-order valence-electron chi connectivity index (χ4n) is 2.63. The largest absolute Gasteiger partial charge is 0.326 e. The predicted octanol–water partition coefficient (Wildman–Crippen LogP) is 3.81. The number of hydrogen-bond acceptors (Lipinski definition) is 2. The summed E-state index contributed by atoms with van der Waals surface area (Å²) in [6, 6.07) is 12.0. The average Bonchev–Trinajstić information content (AvgIpc) is 2.37. The zero-order valence-electron chi connectivity index (χ0n) is 11.2. The van der Waals surface area contributed by atoms with Crippen molar-refractivity contribution in [2.24, 2.45) is 5.73 Å². The van der Waals surface area contributed by atoms with E-state index < -0.39 is 0 Å². The number of hydrogen-bond donors (Lipinski definition) is 2. The first-order chi connectivity index (χ1) is 9.54. The Hall–Kier alpha value is -1.39. The van der Waals surface area contributed by atoms with Crippen LogP contribution in [0.15, 0.2) is 40.9 Å². The third-order valence-electron chi connectivity index (χ3n) is 3.95. The van der Waals surface area contributed by atoms with Gasteiger partial charge in [-0.3, -0.25) is 4.79 Å². The number of carbonyl (C=O) groups is 1. The van der Waals surface area contributed by atoms with Crippen molar-refractivity contribution in [2.45, 2.75) is 31.2 Å². The molecule has 3 N–H and O–H groups in total. The van der Waals surface area contributed by atoms with E-state index in [1.807, 2.05) is 30.3 Å². The summed E-state index contributed by atoms with van der Waals surface area (Å²) in [4.78, 5) is 12.0. The molecule has 104 valence electrons. The number of fused-ring (bicyclic) bond motifs is 1. The third-order valence-corrected chi connectivity index (χ3v) is 4.44. The Kier molecular flexibility index (Phi) is 3.52. The lowest BCUT2D eigenvalue weighted by Gasteiger charge is -2.37. The Morgan fingerprint density at radius 1 is 1.20 bits per heavy atom. The van der Waals surface area contributed by atoms with E-state index in [9.17, 15) is 4.79 Å². The molecule has 1 aliphatic carbocycles. The van der Waals surface area contributed by atoms with Gasteiger partial charge in [0.2, 0.25) is 5.91 Å². The molecule has 0 unspecified atom stereocenters. The number of nitrogens with one attached hydrogen (secondary N) is 1. The maximum atomic E-state index is 12.0. The third kappa shape index (κ3) is 2.86. The average molecular weight is 333 g/mol. The predicted molar refractivity (Wildman–Crippen MR) is 85.7 cm³/mol. The topological polar surface area (TPSA) is 55.1 Å². The molecule has 0 aliphatic heterocycles. The first kappa shape index (κ1) is 13.6. The molecule has 1 aliphatic rings. The van der Waals surface area contributed by atoms with Crippen LogP contribution in [0.3, 0.4) is 0 Å².